The SMILES string of the molecule is N#Cc1cnc(-c2c[nH]c3ccccc23)[nH]1. The highest BCUT2D eigenvalue weighted by Crippen LogP contribution is 2.25. The first-order valence-corrected chi connectivity index (χ1v) is 4.90. The van der Waals surface area contributed by atoms with Crippen LogP contribution in [-0.4, -0.2) is 15.0 Å². The van der Waals surface area contributed by atoms with E-state index in [1.807, 2.05) is 36.5 Å². The number of H-pyrrole nitrogens is 2. The largest absolute Gasteiger partial charge is 0.360 e. The number of benzene rings is 1. The molecule has 3 rings (SSSR count). The second-order valence-corrected chi connectivity index (χ2v) is 3.51. The molecule has 0 aliphatic carbocycles. The molecule has 0 aliphatic rings. The first-order chi connectivity index (χ1) is 7.88. The third kappa shape index (κ3) is 1.19. The van der Waals surface area contributed by atoms with Crippen LogP contribution < -0.4 is 0 Å². The number of nitrogens with one attached hydrogen (secondary N) is 2. The summed E-state index contributed by atoms with van der Waals surface area (Å²) in [5, 5.41) is 9.83. The molecule has 0 bridgehead atoms. The summed E-state index contributed by atoms with van der Waals surface area (Å²) in [6.07, 6.45) is 3.43. The van der Waals surface area contributed by atoms with E-state index < -0.39 is 0 Å². The maximum atomic E-state index is 8.73. The lowest BCUT2D eigenvalue weighted by Gasteiger charge is -1.93. The van der Waals surface area contributed by atoms with Crippen molar-refractivity contribution in [2.75, 3.05) is 0 Å². The van der Waals surface area contributed by atoms with E-state index in [2.05, 4.69) is 15.0 Å². The molecule has 2 aromatic heterocycles. The number of fused-ring (bicyclic) bond motifs is 1. The second-order valence-electron chi connectivity index (χ2n) is 3.51. The molecule has 0 atom stereocenters. The van der Waals surface area contributed by atoms with Gasteiger partial charge in [0.05, 0.1) is 6.20 Å². The van der Waals surface area contributed by atoms with Crippen molar-refractivity contribution >= 4 is 10.9 Å². The van der Waals surface area contributed by atoms with Gasteiger partial charge in [-0.05, 0) is 6.07 Å². The molecule has 76 valence electrons. The van der Waals surface area contributed by atoms with Crippen molar-refractivity contribution in [3.63, 3.8) is 0 Å². The van der Waals surface area contributed by atoms with Crippen LogP contribution in [0, 0.1) is 11.3 Å². The molecule has 4 nitrogen and oxygen atoms in total. The van der Waals surface area contributed by atoms with Crippen LogP contribution in [0.5, 0.6) is 0 Å². The van der Waals surface area contributed by atoms with E-state index in [0.29, 0.717) is 11.5 Å². The van der Waals surface area contributed by atoms with Crippen molar-refractivity contribution in [3.05, 3.63) is 42.4 Å². The molecule has 3 aromatic rings. The lowest BCUT2D eigenvalue weighted by Crippen LogP contribution is -1.78. The Labute approximate surface area is 91.6 Å². The van der Waals surface area contributed by atoms with Gasteiger partial charge in [-0.1, -0.05) is 18.2 Å². The number of aromatic nitrogens is 3. The molecule has 2 N–H and O–H groups in total. The normalized spacial score (nSPS) is 10.4. The molecule has 0 saturated heterocycles. The highest BCUT2D eigenvalue weighted by Gasteiger charge is 2.08. The van der Waals surface area contributed by atoms with E-state index in [9.17, 15) is 0 Å². The van der Waals surface area contributed by atoms with E-state index >= 15 is 0 Å². The van der Waals surface area contributed by atoms with Gasteiger partial charge in [-0.3, -0.25) is 0 Å². The lowest BCUT2D eigenvalue weighted by atomic mass is 10.2. The van der Waals surface area contributed by atoms with E-state index in [4.69, 9.17) is 5.26 Å². The van der Waals surface area contributed by atoms with Gasteiger partial charge in [0.15, 0.2) is 0 Å². The van der Waals surface area contributed by atoms with Gasteiger partial charge in [0.25, 0.3) is 0 Å². The average Bonchev–Trinajstić information content (AvgIpc) is 2.94. The lowest BCUT2D eigenvalue weighted by molar-refractivity contribution is 1.30. The maximum Gasteiger partial charge on any atom is 0.140 e. The highest BCUT2D eigenvalue weighted by atomic mass is 14.9. The highest BCUT2D eigenvalue weighted by molar-refractivity contribution is 5.93. The summed E-state index contributed by atoms with van der Waals surface area (Å²) in [5.41, 5.74) is 2.52. The van der Waals surface area contributed by atoms with Crippen LogP contribution in [0.15, 0.2) is 36.7 Å². The zero-order chi connectivity index (χ0) is 11.0. The predicted octanol–water partition coefficient (Wildman–Crippen LogP) is 2.43. The first-order valence-electron chi connectivity index (χ1n) is 4.90. The van der Waals surface area contributed by atoms with Gasteiger partial charge in [0.2, 0.25) is 0 Å². The van der Waals surface area contributed by atoms with E-state index in [1.165, 1.54) is 6.20 Å². The van der Waals surface area contributed by atoms with Gasteiger partial charge in [-0.15, -0.1) is 0 Å². The average molecular weight is 208 g/mol. The van der Waals surface area contributed by atoms with Gasteiger partial charge in [-0.2, -0.15) is 5.26 Å². The van der Waals surface area contributed by atoms with Crippen molar-refractivity contribution in [1.82, 2.24) is 15.0 Å². The summed E-state index contributed by atoms with van der Waals surface area (Å²) in [7, 11) is 0. The van der Waals surface area contributed by atoms with Crippen LogP contribution in [0.25, 0.3) is 22.3 Å². The van der Waals surface area contributed by atoms with Crippen molar-refractivity contribution in [3.8, 4) is 17.5 Å². The minimum atomic E-state index is 0.472. The van der Waals surface area contributed by atoms with Crippen LogP contribution in [0.1, 0.15) is 5.69 Å². The number of nitrogens with zero attached hydrogens (tertiary/aromatic N) is 2. The second kappa shape index (κ2) is 3.24. The number of hydrogen-bond acceptors (Lipinski definition) is 2. The summed E-state index contributed by atoms with van der Waals surface area (Å²) in [6, 6.07) is 10.0. The standard InChI is InChI=1S/C12H8N4/c13-5-8-6-15-12(16-8)10-7-14-11-4-2-1-3-9(10)11/h1-4,6-7,14H,(H,15,16). The monoisotopic (exact) mass is 208 g/mol. The number of aromatic amines is 2. The Bertz CT molecular complexity index is 684. The summed E-state index contributed by atoms with van der Waals surface area (Å²) < 4.78 is 0. The van der Waals surface area contributed by atoms with E-state index in [0.717, 1.165) is 16.5 Å². The third-order valence-corrected chi connectivity index (χ3v) is 2.54. The van der Waals surface area contributed by atoms with Crippen molar-refractivity contribution < 1.29 is 0 Å². The number of nitriles is 1. The number of rotatable bonds is 1. The van der Waals surface area contributed by atoms with Crippen LogP contribution in [0.4, 0.5) is 0 Å². The Morgan fingerprint density at radius 3 is 2.94 bits per heavy atom. The number of para-hydroxylation sites is 1. The van der Waals surface area contributed by atoms with Crippen LogP contribution in [0.2, 0.25) is 0 Å². The first kappa shape index (κ1) is 8.74. The van der Waals surface area contributed by atoms with Crippen molar-refractivity contribution in [2.45, 2.75) is 0 Å². The number of hydrogen-bond donors (Lipinski definition) is 2. The van der Waals surface area contributed by atoms with Gasteiger partial charge in [0.1, 0.15) is 17.6 Å². The fraction of sp³-hybridized carbons (Fsp3) is 0. The Morgan fingerprint density at radius 2 is 2.12 bits per heavy atom. The topological polar surface area (TPSA) is 68.3 Å². The van der Waals surface area contributed by atoms with Crippen LogP contribution in [-0.2, 0) is 0 Å². The Kier molecular flexibility index (Phi) is 1.77. The fourth-order valence-corrected chi connectivity index (χ4v) is 1.78. The Hall–Kier alpha value is -2.54. The molecule has 0 fully saturated rings. The van der Waals surface area contributed by atoms with Crippen LogP contribution in [0.3, 0.4) is 0 Å². The minimum Gasteiger partial charge on any atom is -0.360 e. The zero-order valence-electron chi connectivity index (χ0n) is 8.36. The minimum absolute atomic E-state index is 0.472. The molecule has 0 amide bonds. The van der Waals surface area contributed by atoms with Gasteiger partial charge in [0, 0.05) is 22.7 Å². The van der Waals surface area contributed by atoms with Gasteiger partial charge < -0.3 is 9.97 Å². The van der Waals surface area contributed by atoms with Crippen LogP contribution >= 0.6 is 0 Å². The maximum absolute atomic E-state index is 8.73. The van der Waals surface area contributed by atoms with Crippen molar-refractivity contribution in [1.29, 1.82) is 5.26 Å². The molecule has 0 spiro atoms. The quantitative estimate of drug-likeness (QED) is 0.644. The molecule has 0 saturated carbocycles. The number of imidazole rings is 1. The summed E-state index contributed by atoms with van der Waals surface area (Å²) >= 11 is 0. The zero-order valence-corrected chi connectivity index (χ0v) is 8.36. The molecule has 0 unspecified atom stereocenters. The van der Waals surface area contributed by atoms with E-state index in [-0.39, 0.29) is 0 Å². The van der Waals surface area contributed by atoms with Gasteiger partial charge >= 0.3 is 0 Å². The predicted molar refractivity (Wildman–Crippen MR) is 60.6 cm³/mol. The summed E-state index contributed by atoms with van der Waals surface area (Å²) in [5.74, 6) is 0.717. The molecule has 1 aromatic carbocycles. The van der Waals surface area contributed by atoms with E-state index in [1.54, 1.807) is 0 Å². The molecular formula is C12H8N4. The third-order valence-electron chi connectivity index (χ3n) is 2.54. The fourth-order valence-electron chi connectivity index (χ4n) is 1.78. The van der Waals surface area contributed by atoms with Gasteiger partial charge in [-0.25, -0.2) is 4.98 Å². The smallest absolute Gasteiger partial charge is 0.140 e. The molecule has 16 heavy (non-hydrogen) atoms. The van der Waals surface area contributed by atoms with Crippen molar-refractivity contribution in [2.24, 2.45) is 0 Å². The molecule has 0 aliphatic heterocycles. The summed E-state index contributed by atoms with van der Waals surface area (Å²) in [6.45, 7) is 0. The Balaban J connectivity index is 2.23. The Morgan fingerprint density at radius 1 is 1.25 bits per heavy atom. The summed E-state index contributed by atoms with van der Waals surface area (Å²) in [4.78, 5) is 10.3. The molecule has 4 heteroatoms. The molecule has 0 radical (unpaired) electrons. The molecular weight excluding hydrogens is 200 g/mol. The molecule has 2 heterocycles.